The molecule has 1 unspecified atom stereocenters. The second kappa shape index (κ2) is 10.7. The number of thioether (sulfide) groups is 1. The number of allylic oxidation sites excluding steroid dienone is 3. The van der Waals surface area contributed by atoms with E-state index in [-0.39, 0.29) is 11.5 Å². The summed E-state index contributed by atoms with van der Waals surface area (Å²) in [7, 11) is 1.48. The van der Waals surface area contributed by atoms with E-state index in [4.69, 9.17) is 14.2 Å². The number of carbonyl (C=O) groups excluding carboxylic acids is 3. The highest BCUT2D eigenvalue weighted by atomic mass is 32.2. The summed E-state index contributed by atoms with van der Waals surface area (Å²) in [4.78, 5) is 37.5. The number of benzene rings is 1. The SMILES string of the molecule is CCSCCOC(=O)C1=C(C)NC2=C(C(=O)CCC2)C1c1ccc(OC(C)=O)c(OC)c1. The first kappa shape index (κ1) is 23.9. The number of methoxy groups -OCH3 is 1. The highest BCUT2D eigenvalue weighted by Gasteiger charge is 2.39. The van der Waals surface area contributed by atoms with E-state index in [1.165, 1.54) is 14.0 Å². The van der Waals surface area contributed by atoms with Crippen molar-refractivity contribution >= 4 is 29.5 Å². The van der Waals surface area contributed by atoms with E-state index < -0.39 is 17.9 Å². The van der Waals surface area contributed by atoms with E-state index >= 15 is 0 Å². The third kappa shape index (κ3) is 5.18. The van der Waals surface area contributed by atoms with Crippen molar-refractivity contribution in [1.29, 1.82) is 0 Å². The maximum Gasteiger partial charge on any atom is 0.336 e. The molecule has 1 N–H and O–H groups in total. The number of hydrogen-bond acceptors (Lipinski definition) is 8. The highest BCUT2D eigenvalue weighted by Crippen LogP contribution is 2.44. The predicted octanol–water partition coefficient (Wildman–Crippen LogP) is 3.88. The first-order valence-electron chi connectivity index (χ1n) is 10.7. The number of carbonyl (C=O) groups is 3. The molecule has 0 radical (unpaired) electrons. The number of ether oxygens (including phenoxy) is 3. The van der Waals surface area contributed by atoms with Crippen LogP contribution in [0.1, 0.15) is 51.5 Å². The van der Waals surface area contributed by atoms with Crippen molar-refractivity contribution in [2.24, 2.45) is 0 Å². The Hall–Kier alpha value is -2.74. The zero-order valence-corrected chi connectivity index (χ0v) is 19.7. The molecule has 0 amide bonds. The minimum Gasteiger partial charge on any atom is -0.493 e. The van der Waals surface area contributed by atoms with Crippen molar-refractivity contribution in [3.63, 3.8) is 0 Å². The summed E-state index contributed by atoms with van der Waals surface area (Å²) in [5.74, 6) is 0.832. The van der Waals surface area contributed by atoms with Gasteiger partial charge < -0.3 is 19.5 Å². The predicted molar refractivity (Wildman–Crippen MR) is 123 cm³/mol. The molecule has 0 saturated heterocycles. The Bertz CT molecular complexity index is 981. The third-order valence-electron chi connectivity index (χ3n) is 5.44. The molecule has 32 heavy (non-hydrogen) atoms. The van der Waals surface area contributed by atoms with Gasteiger partial charge in [-0.25, -0.2) is 4.79 Å². The second-order valence-electron chi connectivity index (χ2n) is 7.60. The van der Waals surface area contributed by atoms with E-state index in [2.05, 4.69) is 12.2 Å². The Morgan fingerprint density at radius 3 is 2.69 bits per heavy atom. The van der Waals surface area contributed by atoms with Crippen LogP contribution in [0.4, 0.5) is 0 Å². The van der Waals surface area contributed by atoms with Gasteiger partial charge in [0, 0.05) is 42.0 Å². The molecule has 1 aromatic carbocycles. The Morgan fingerprint density at radius 2 is 2.00 bits per heavy atom. The quantitative estimate of drug-likeness (QED) is 0.356. The van der Waals surface area contributed by atoms with Crippen LogP contribution in [0, 0.1) is 0 Å². The van der Waals surface area contributed by atoms with Gasteiger partial charge in [-0.2, -0.15) is 11.8 Å². The molecule has 0 bridgehead atoms. The summed E-state index contributed by atoms with van der Waals surface area (Å²) in [6.45, 7) is 5.50. The zero-order valence-electron chi connectivity index (χ0n) is 18.9. The molecular weight excluding hydrogens is 430 g/mol. The molecule has 1 aliphatic heterocycles. The molecule has 0 aromatic heterocycles. The normalized spacial score (nSPS) is 18.1. The standard InChI is InChI=1S/C24H29NO6S/c1-5-32-12-11-30-24(28)21-14(2)25-17-7-6-8-18(27)23(17)22(21)16-9-10-19(31-15(3)26)20(13-16)29-4/h9-10,13,22,25H,5-8,11-12H2,1-4H3. The van der Waals surface area contributed by atoms with Gasteiger partial charge in [0.15, 0.2) is 17.3 Å². The lowest BCUT2D eigenvalue weighted by atomic mass is 9.75. The fourth-order valence-electron chi connectivity index (χ4n) is 4.11. The Kier molecular flexibility index (Phi) is 8.01. The number of Topliss-reactive ketones (excluding diaryl/α,β-unsaturated/α-hetero) is 1. The lowest BCUT2D eigenvalue weighted by Gasteiger charge is -2.34. The lowest BCUT2D eigenvalue weighted by molar-refractivity contribution is -0.138. The molecular formula is C24H29NO6S. The lowest BCUT2D eigenvalue weighted by Crippen LogP contribution is -2.34. The average Bonchev–Trinajstić information content (AvgIpc) is 2.75. The van der Waals surface area contributed by atoms with E-state index in [0.29, 0.717) is 46.9 Å². The van der Waals surface area contributed by atoms with Gasteiger partial charge in [0.2, 0.25) is 0 Å². The Balaban J connectivity index is 2.04. The summed E-state index contributed by atoms with van der Waals surface area (Å²) < 4.78 is 16.2. The summed E-state index contributed by atoms with van der Waals surface area (Å²) in [6.07, 6.45) is 1.95. The van der Waals surface area contributed by atoms with Crippen LogP contribution in [0.5, 0.6) is 11.5 Å². The topological polar surface area (TPSA) is 90.9 Å². The van der Waals surface area contributed by atoms with Gasteiger partial charge in [-0.15, -0.1) is 0 Å². The molecule has 1 heterocycles. The fraction of sp³-hybridized carbons (Fsp3) is 0.458. The molecule has 172 valence electrons. The maximum absolute atomic E-state index is 13.1. The summed E-state index contributed by atoms with van der Waals surface area (Å²) >= 11 is 1.69. The first-order chi connectivity index (χ1) is 15.4. The minimum atomic E-state index is -0.578. The van der Waals surface area contributed by atoms with E-state index in [1.807, 2.05) is 6.92 Å². The summed E-state index contributed by atoms with van der Waals surface area (Å²) in [5, 5.41) is 3.28. The van der Waals surface area contributed by atoms with Crippen LogP contribution in [-0.2, 0) is 19.1 Å². The summed E-state index contributed by atoms with van der Waals surface area (Å²) in [5.41, 5.74) is 3.25. The van der Waals surface area contributed by atoms with Gasteiger partial charge in [-0.3, -0.25) is 9.59 Å². The van der Waals surface area contributed by atoms with Crippen molar-refractivity contribution in [3.05, 3.63) is 46.3 Å². The largest absolute Gasteiger partial charge is 0.493 e. The Labute approximate surface area is 192 Å². The van der Waals surface area contributed by atoms with Gasteiger partial charge >= 0.3 is 11.9 Å². The van der Waals surface area contributed by atoms with E-state index in [0.717, 1.165) is 24.3 Å². The molecule has 8 heteroatoms. The molecule has 2 aliphatic rings. The van der Waals surface area contributed by atoms with Crippen molar-refractivity contribution in [3.8, 4) is 11.5 Å². The van der Waals surface area contributed by atoms with Gasteiger partial charge in [-0.1, -0.05) is 13.0 Å². The van der Waals surface area contributed by atoms with Gasteiger partial charge in [-0.05, 0) is 43.2 Å². The van der Waals surface area contributed by atoms with Crippen LogP contribution in [0.15, 0.2) is 40.7 Å². The number of nitrogens with one attached hydrogen (secondary N) is 1. The van der Waals surface area contributed by atoms with Crippen LogP contribution in [0.25, 0.3) is 0 Å². The first-order valence-corrected chi connectivity index (χ1v) is 11.9. The molecule has 0 saturated carbocycles. The van der Waals surface area contributed by atoms with Crippen LogP contribution >= 0.6 is 11.8 Å². The molecule has 7 nitrogen and oxygen atoms in total. The van der Waals surface area contributed by atoms with Crippen LogP contribution in [0.3, 0.4) is 0 Å². The third-order valence-corrected chi connectivity index (χ3v) is 6.30. The maximum atomic E-state index is 13.1. The van der Waals surface area contributed by atoms with Crippen molar-refractivity contribution in [1.82, 2.24) is 5.32 Å². The Morgan fingerprint density at radius 1 is 1.22 bits per heavy atom. The number of esters is 2. The number of hydrogen-bond donors (Lipinski definition) is 1. The van der Waals surface area contributed by atoms with Crippen molar-refractivity contribution < 1.29 is 28.6 Å². The van der Waals surface area contributed by atoms with Crippen LogP contribution in [0.2, 0.25) is 0 Å². The smallest absolute Gasteiger partial charge is 0.336 e. The van der Waals surface area contributed by atoms with Crippen LogP contribution < -0.4 is 14.8 Å². The second-order valence-corrected chi connectivity index (χ2v) is 9.00. The van der Waals surface area contributed by atoms with Gasteiger partial charge in [0.25, 0.3) is 0 Å². The van der Waals surface area contributed by atoms with Crippen molar-refractivity contribution in [2.75, 3.05) is 25.2 Å². The molecule has 1 aliphatic carbocycles. The van der Waals surface area contributed by atoms with E-state index in [1.54, 1.807) is 30.0 Å². The molecule has 0 fully saturated rings. The molecule has 3 rings (SSSR count). The van der Waals surface area contributed by atoms with Crippen LogP contribution in [-0.4, -0.2) is 42.9 Å². The van der Waals surface area contributed by atoms with Gasteiger partial charge in [0.05, 0.1) is 12.7 Å². The average molecular weight is 460 g/mol. The van der Waals surface area contributed by atoms with Crippen molar-refractivity contribution in [2.45, 2.75) is 46.0 Å². The molecule has 1 atom stereocenters. The van der Waals surface area contributed by atoms with Gasteiger partial charge in [0.1, 0.15) is 6.61 Å². The van der Waals surface area contributed by atoms with E-state index in [9.17, 15) is 14.4 Å². The zero-order chi connectivity index (χ0) is 23.3. The summed E-state index contributed by atoms with van der Waals surface area (Å²) in [6, 6.07) is 5.10. The highest BCUT2D eigenvalue weighted by molar-refractivity contribution is 7.99. The number of dihydropyridines is 1. The molecule has 1 aromatic rings. The minimum absolute atomic E-state index is 0.0196. The molecule has 0 spiro atoms. The number of ketones is 1. The number of rotatable bonds is 8. The monoisotopic (exact) mass is 459 g/mol. The fourth-order valence-corrected chi connectivity index (χ4v) is 4.60.